The molecule has 0 aromatic carbocycles. The van der Waals surface area contributed by atoms with E-state index in [-0.39, 0.29) is 23.7 Å². The minimum absolute atomic E-state index is 0.0241. The van der Waals surface area contributed by atoms with Gasteiger partial charge >= 0.3 is 0 Å². The molecule has 1 aliphatic heterocycles. The SMILES string of the molecule is CCc1nc(C(=O)NCC2CCC(=O)N2)n[nH]1. The van der Waals surface area contributed by atoms with Crippen molar-refractivity contribution >= 4 is 11.8 Å². The minimum atomic E-state index is -0.318. The smallest absolute Gasteiger partial charge is 0.291 e. The van der Waals surface area contributed by atoms with E-state index in [0.29, 0.717) is 25.2 Å². The van der Waals surface area contributed by atoms with Crippen LogP contribution in [-0.2, 0) is 11.2 Å². The normalized spacial score (nSPS) is 19.1. The van der Waals surface area contributed by atoms with Crippen molar-refractivity contribution < 1.29 is 9.59 Å². The number of hydrogen-bond acceptors (Lipinski definition) is 4. The van der Waals surface area contributed by atoms with Gasteiger partial charge in [-0.15, -0.1) is 5.10 Å². The van der Waals surface area contributed by atoms with E-state index in [9.17, 15) is 9.59 Å². The van der Waals surface area contributed by atoms with Gasteiger partial charge in [0.1, 0.15) is 5.82 Å². The molecule has 1 aromatic rings. The van der Waals surface area contributed by atoms with Gasteiger partial charge in [0.15, 0.2) is 0 Å². The van der Waals surface area contributed by atoms with Crippen molar-refractivity contribution in [2.75, 3.05) is 6.54 Å². The highest BCUT2D eigenvalue weighted by Gasteiger charge is 2.21. The van der Waals surface area contributed by atoms with Crippen molar-refractivity contribution in [2.24, 2.45) is 0 Å². The summed E-state index contributed by atoms with van der Waals surface area (Å²) in [4.78, 5) is 26.6. The molecule has 1 atom stereocenters. The molecule has 1 unspecified atom stereocenters. The summed E-state index contributed by atoms with van der Waals surface area (Å²) in [5.41, 5.74) is 0. The van der Waals surface area contributed by atoms with Crippen molar-refractivity contribution in [3.63, 3.8) is 0 Å². The zero-order valence-corrected chi connectivity index (χ0v) is 9.62. The number of aromatic amines is 1. The molecule has 0 radical (unpaired) electrons. The van der Waals surface area contributed by atoms with Gasteiger partial charge in [-0.25, -0.2) is 4.98 Å². The van der Waals surface area contributed by atoms with E-state index < -0.39 is 0 Å². The Morgan fingerprint density at radius 2 is 2.41 bits per heavy atom. The summed E-state index contributed by atoms with van der Waals surface area (Å²) in [6.07, 6.45) is 1.99. The first-order valence-electron chi connectivity index (χ1n) is 5.68. The highest BCUT2D eigenvalue weighted by Crippen LogP contribution is 2.05. The lowest BCUT2D eigenvalue weighted by atomic mass is 10.2. The number of H-pyrrole nitrogens is 1. The van der Waals surface area contributed by atoms with E-state index in [4.69, 9.17) is 0 Å². The molecule has 1 aliphatic rings. The predicted octanol–water partition coefficient (Wildman–Crippen LogP) is -0.624. The Hall–Kier alpha value is -1.92. The third kappa shape index (κ3) is 2.80. The van der Waals surface area contributed by atoms with E-state index in [0.717, 1.165) is 6.42 Å². The molecule has 0 aliphatic carbocycles. The molecule has 1 saturated heterocycles. The maximum absolute atomic E-state index is 11.6. The number of aromatic nitrogens is 3. The minimum Gasteiger partial charge on any atom is -0.352 e. The van der Waals surface area contributed by atoms with Crippen LogP contribution in [0.5, 0.6) is 0 Å². The molecule has 3 N–H and O–H groups in total. The molecule has 2 heterocycles. The third-order valence-electron chi connectivity index (χ3n) is 2.66. The first kappa shape index (κ1) is 11.6. The summed E-state index contributed by atoms with van der Waals surface area (Å²) >= 11 is 0. The van der Waals surface area contributed by atoms with E-state index in [1.54, 1.807) is 0 Å². The van der Waals surface area contributed by atoms with Crippen LogP contribution >= 0.6 is 0 Å². The molecular formula is C10H15N5O2. The van der Waals surface area contributed by atoms with Crippen LogP contribution in [-0.4, -0.2) is 39.6 Å². The van der Waals surface area contributed by atoms with Crippen LogP contribution in [0, 0.1) is 0 Å². The monoisotopic (exact) mass is 237 g/mol. The topological polar surface area (TPSA) is 99.8 Å². The number of carbonyl (C=O) groups is 2. The Balaban J connectivity index is 1.82. The van der Waals surface area contributed by atoms with Crippen molar-refractivity contribution in [1.82, 2.24) is 25.8 Å². The zero-order valence-electron chi connectivity index (χ0n) is 9.62. The van der Waals surface area contributed by atoms with Crippen molar-refractivity contribution in [1.29, 1.82) is 0 Å². The van der Waals surface area contributed by atoms with E-state index in [2.05, 4.69) is 25.8 Å². The second kappa shape index (κ2) is 4.94. The van der Waals surface area contributed by atoms with Gasteiger partial charge in [0.25, 0.3) is 5.91 Å². The second-order valence-electron chi connectivity index (χ2n) is 3.97. The summed E-state index contributed by atoms with van der Waals surface area (Å²) in [5.74, 6) is 0.549. The van der Waals surface area contributed by atoms with Gasteiger partial charge in [0.2, 0.25) is 11.7 Å². The Labute approximate surface area is 98.4 Å². The van der Waals surface area contributed by atoms with Gasteiger partial charge in [-0.1, -0.05) is 6.92 Å². The van der Waals surface area contributed by atoms with Gasteiger partial charge in [0, 0.05) is 25.4 Å². The summed E-state index contributed by atoms with van der Waals surface area (Å²) in [5, 5.41) is 12.0. The Morgan fingerprint density at radius 1 is 1.59 bits per heavy atom. The predicted molar refractivity (Wildman–Crippen MR) is 59.3 cm³/mol. The van der Waals surface area contributed by atoms with E-state index >= 15 is 0 Å². The van der Waals surface area contributed by atoms with Gasteiger partial charge in [0.05, 0.1) is 0 Å². The molecule has 1 aromatic heterocycles. The third-order valence-corrected chi connectivity index (χ3v) is 2.66. The molecular weight excluding hydrogens is 222 g/mol. The Morgan fingerprint density at radius 3 is 3.00 bits per heavy atom. The van der Waals surface area contributed by atoms with Crippen molar-refractivity contribution in [3.05, 3.63) is 11.6 Å². The summed E-state index contributed by atoms with van der Waals surface area (Å²) in [7, 11) is 0. The maximum atomic E-state index is 11.6. The fourth-order valence-electron chi connectivity index (χ4n) is 1.68. The second-order valence-corrected chi connectivity index (χ2v) is 3.97. The number of amides is 2. The van der Waals surface area contributed by atoms with Crippen LogP contribution in [0.3, 0.4) is 0 Å². The molecule has 0 saturated carbocycles. The van der Waals surface area contributed by atoms with Crippen LogP contribution in [0.1, 0.15) is 36.2 Å². The number of aryl methyl sites for hydroxylation is 1. The summed E-state index contributed by atoms with van der Waals surface area (Å²) < 4.78 is 0. The molecule has 0 spiro atoms. The molecule has 7 heteroatoms. The largest absolute Gasteiger partial charge is 0.352 e. The lowest BCUT2D eigenvalue weighted by molar-refractivity contribution is -0.119. The Bertz CT molecular complexity index is 428. The van der Waals surface area contributed by atoms with Crippen LogP contribution in [0.25, 0.3) is 0 Å². The quantitative estimate of drug-likeness (QED) is 0.649. The molecule has 7 nitrogen and oxygen atoms in total. The molecule has 2 amide bonds. The number of nitrogens with zero attached hydrogens (tertiary/aromatic N) is 2. The average Bonchev–Trinajstić information content (AvgIpc) is 2.94. The van der Waals surface area contributed by atoms with Gasteiger partial charge in [-0.3, -0.25) is 14.7 Å². The molecule has 92 valence electrons. The Kier molecular flexibility index (Phi) is 3.36. The van der Waals surface area contributed by atoms with Gasteiger partial charge < -0.3 is 10.6 Å². The first-order valence-corrected chi connectivity index (χ1v) is 5.68. The highest BCUT2D eigenvalue weighted by atomic mass is 16.2. The lowest BCUT2D eigenvalue weighted by Crippen LogP contribution is -2.38. The molecule has 1 fully saturated rings. The van der Waals surface area contributed by atoms with E-state index in [1.165, 1.54) is 0 Å². The maximum Gasteiger partial charge on any atom is 0.291 e. The summed E-state index contributed by atoms with van der Waals surface area (Å²) in [6, 6.07) is 0.0241. The van der Waals surface area contributed by atoms with Gasteiger partial charge in [-0.05, 0) is 6.42 Å². The fourth-order valence-corrected chi connectivity index (χ4v) is 1.68. The molecule has 2 rings (SSSR count). The standard InChI is InChI=1S/C10H15N5O2/c1-2-7-13-9(15-14-7)10(17)11-5-6-3-4-8(16)12-6/h6H,2-5H2,1H3,(H,11,17)(H,12,16)(H,13,14,15). The first-order chi connectivity index (χ1) is 8.19. The van der Waals surface area contributed by atoms with Crippen molar-refractivity contribution in [3.8, 4) is 0 Å². The van der Waals surface area contributed by atoms with E-state index in [1.807, 2.05) is 6.92 Å². The number of carbonyl (C=O) groups excluding carboxylic acids is 2. The van der Waals surface area contributed by atoms with Crippen LogP contribution in [0.2, 0.25) is 0 Å². The lowest BCUT2D eigenvalue weighted by Gasteiger charge is -2.09. The summed E-state index contributed by atoms with van der Waals surface area (Å²) in [6.45, 7) is 2.34. The van der Waals surface area contributed by atoms with Crippen LogP contribution < -0.4 is 10.6 Å². The number of rotatable bonds is 4. The average molecular weight is 237 g/mol. The molecule has 0 bridgehead atoms. The zero-order chi connectivity index (χ0) is 12.3. The van der Waals surface area contributed by atoms with Gasteiger partial charge in [-0.2, -0.15) is 0 Å². The highest BCUT2D eigenvalue weighted by molar-refractivity contribution is 5.90. The molecule has 17 heavy (non-hydrogen) atoms. The number of hydrogen-bond donors (Lipinski definition) is 3. The van der Waals surface area contributed by atoms with Crippen molar-refractivity contribution in [2.45, 2.75) is 32.2 Å². The fraction of sp³-hybridized carbons (Fsp3) is 0.600. The van der Waals surface area contributed by atoms with Crippen LogP contribution in [0.4, 0.5) is 0 Å². The van der Waals surface area contributed by atoms with Crippen LogP contribution in [0.15, 0.2) is 0 Å². The number of nitrogens with one attached hydrogen (secondary N) is 3.